The van der Waals surface area contributed by atoms with Crippen molar-refractivity contribution in [2.75, 3.05) is 7.11 Å². The molecule has 1 aliphatic rings. The molecule has 0 spiro atoms. The zero-order chi connectivity index (χ0) is 15.3. The predicted octanol–water partition coefficient (Wildman–Crippen LogP) is 1.23. The summed E-state index contributed by atoms with van der Waals surface area (Å²) >= 11 is 0. The minimum Gasteiger partial charge on any atom is -0.469 e. The van der Waals surface area contributed by atoms with Crippen LogP contribution in [0.15, 0.2) is 24.5 Å². The van der Waals surface area contributed by atoms with Crippen molar-refractivity contribution in [3.63, 3.8) is 0 Å². The third kappa shape index (κ3) is 4.01. The van der Waals surface area contributed by atoms with Crippen molar-refractivity contribution in [2.24, 2.45) is 5.92 Å². The molecule has 0 bridgehead atoms. The number of hydrogen-bond acceptors (Lipinski definition) is 5. The number of rotatable bonds is 5. The summed E-state index contributed by atoms with van der Waals surface area (Å²) in [7, 11) is -2.27. The fourth-order valence-electron chi connectivity index (χ4n) is 2.68. The largest absolute Gasteiger partial charge is 0.469 e. The van der Waals surface area contributed by atoms with Gasteiger partial charge in [-0.15, -0.1) is 0 Å². The van der Waals surface area contributed by atoms with Crippen molar-refractivity contribution in [3.8, 4) is 0 Å². The number of esters is 1. The van der Waals surface area contributed by atoms with Gasteiger partial charge in [-0.05, 0) is 24.5 Å². The average molecular weight is 312 g/mol. The predicted molar refractivity (Wildman–Crippen MR) is 77.8 cm³/mol. The molecule has 6 nitrogen and oxygen atoms in total. The van der Waals surface area contributed by atoms with Crippen LogP contribution in [0.4, 0.5) is 0 Å². The van der Waals surface area contributed by atoms with Crippen LogP contribution < -0.4 is 4.72 Å². The molecule has 1 heterocycles. The lowest BCUT2D eigenvalue weighted by Gasteiger charge is -2.29. The number of carbonyl (C=O) groups excluding carboxylic acids is 1. The number of methoxy groups -OCH3 is 1. The van der Waals surface area contributed by atoms with Gasteiger partial charge in [-0.3, -0.25) is 9.78 Å². The van der Waals surface area contributed by atoms with Gasteiger partial charge in [-0.2, -0.15) is 0 Å². The second kappa shape index (κ2) is 7.00. The SMILES string of the molecule is COC(=O)[C@H]1CCCC[C@H]1S(=O)(=O)NCc1cccnc1. The van der Waals surface area contributed by atoms with Gasteiger partial charge in [0.1, 0.15) is 0 Å². The molecule has 0 aromatic carbocycles. The Morgan fingerprint density at radius 3 is 2.86 bits per heavy atom. The lowest BCUT2D eigenvalue weighted by atomic mass is 9.89. The number of pyridine rings is 1. The van der Waals surface area contributed by atoms with E-state index >= 15 is 0 Å². The molecule has 0 aliphatic heterocycles. The highest BCUT2D eigenvalue weighted by atomic mass is 32.2. The average Bonchev–Trinajstić information content (AvgIpc) is 2.53. The molecule has 0 amide bonds. The molecule has 1 saturated carbocycles. The van der Waals surface area contributed by atoms with Crippen LogP contribution in [0.1, 0.15) is 31.2 Å². The Bertz CT molecular complexity index is 574. The van der Waals surface area contributed by atoms with Crippen molar-refractivity contribution < 1.29 is 17.9 Å². The van der Waals surface area contributed by atoms with Crippen LogP contribution in [0.5, 0.6) is 0 Å². The van der Waals surface area contributed by atoms with E-state index in [0.717, 1.165) is 18.4 Å². The van der Waals surface area contributed by atoms with Gasteiger partial charge in [-0.1, -0.05) is 18.9 Å². The molecule has 21 heavy (non-hydrogen) atoms. The minimum absolute atomic E-state index is 0.181. The Hall–Kier alpha value is -1.47. The van der Waals surface area contributed by atoms with Gasteiger partial charge in [0, 0.05) is 18.9 Å². The maximum atomic E-state index is 12.5. The van der Waals surface area contributed by atoms with Gasteiger partial charge in [0.2, 0.25) is 10.0 Å². The summed E-state index contributed by atoms with van der Waals surface area (Å²) in [5.41, 5.74) is 0.784. The molecule has 2 atom stereocenters. The van der Waals surface area contributed by atoms with E-state index in [9.17, 15) is 13.2 Å². The number of carbonyl (C=O) groups is 1. The van der Waals surface area contributed by atoms with Gasteiger partial charge in [-0.25, -0.2) is 13.1 Å². The zero-order valence-electron chi connectivity index (χ0n) is 12.0. The van der Waals surface area contributed by atoms with Crippen molar-refractivity contribution in [3.05, 3.63) is 30.1 Å². The fourth-order valence-corrected chi connectivity index (χ4v) is 4.42. The molecular weight excluding hydrogens is 292 g/mol. The molecule has 116 valence electrons. The monoisotopic (exact) mass is 312 g/mol. The molecule has 0 unspecified atom stereocenters. The third-order valence-electron chi connectivity index (χ3n) is 3.81. The van der Waals surface area contributed by atoms with E-state index in [0.29, 0.717) is 12.8 Å². The van der Waals surface area contributed by atoms with E-state index in [4.69, 9.17) is 4.74 Å². The number of nitrogens with one attached hydrogen (secondary N) is 1. The van der Waals surface area contributed by atoms with Crippen molar-refractivity contribution in [1.82, 2.24) is 9.71 Å². The zero-order valence-corrected chi connectivity index (χ0v) is 12.8. The smallest absolute Gasteiger partial charge is 0.310 e. The first-order valence-corrected chi connectivity index (χ1v) is 8.54. The van der Waals surface area contributed by atoms with E-state index < -0.39 is 27.2 Å². The number of aromatic nitrogens is 1. The molecule has 1 N–H and O–H groups in total. The van der Waals surface area contributed by atoms with Crippen LogP contribution in [-0.2, 0) is 26.1 Å². The first-order chi connectivity index (χ1) is 10.0. The minimum atomic E-state index is -3.56. The molecule has 1 fully saturated rings. The number of hydrogen-bond donors (Lipinski definition) is 1. The van der Waals surface area contributed by atoms with Crippen molar-refractivity contribution in [2.45, 2.75) is 37.5 Å². The lowest BCUT2D eigenvalue weighted by molar-refractivity contribution is -0.146. The molecule has 1 aliphatic carbocycles. The van der Waals surface area contributed by atoms with Crippen molar-refractivity contribution >= 4 is 16.0 Å². The highest BCUT2D eigenvalue weighted by Gasteiger charge is 2.40. The first-order valence-electron chi connectivity index (χ1n) is 7.00. The number of nitrogens with zero attached hydrogens (tertiary/aromatic N) is 1. The van der Waals surface area contributed by atoms with E-state index in [1.807, 2.05) is 0 Å². The van der Waals surface area contributed by atoms with Crippen LogP contribution in [0.2, 0.25) is 0 Å². The number of sulfonamides is 1. The standard InChI is InChI=1S/C14H20N2O4S/c1-20-14(17)12-6-2-3-7-13(12)21(18,19)16-10-11-5-4-8-15-9-11/h4-5,8-9,12-13,16H,2-3,6-7,10H2,1H3/t12-,13+/m0/s1. The van der Waals surface area contributed by atoms with E-state index in [2.05, 4.69) is 9.71 Å². The summed E-state index contributed by atoms with van der Waals surface area (Å²) in [6.07, 6.45) is 5.96. The maximum Gasteiger partial charge on any atom is 0.310 e. The highest BCUT2D eigenvalue weighted by Crippen LogP contribution is 2.30. The lowest BCUT2D eigenvalue weighted by Crippen LogP contribution is -2.43. The highest BCUT2D eigenvalue weighted by molar-refractivity contribution is 7.90. The quantitative estimate of drug-likeness (QED) is 0.827. The second-order valence-corrected chi connectivity index (χ2v) is 7.16. The first kappa shape index (κ1) is 15.9. The summed E-state index contributed by atoms with van der Waals surface area (Å²) in [6, 6.07) is 3.55. The Morgan fingerprint density at radius 1 is 1.43 bits per heavy atom. The van der Waals surface area contributed by atoms with Crippen LogP contribution in [0, 0.1) is 5.92 Å². The Kier molecular flexibility index (Phi) is 5.30. The van der Waals surface area contributed by atoms with Gasteiger partial charge in [0.25, 0.3) is 0 Å². The van der Waals surface area contributed by atoms with E-state index in [-0.39, 0.29) is 6.54 Å². The summed E-state index contributed by atoms with van der Waals surface area (Å²) in [4.78, 5) is 15.7. The third-order valence-corrected chi connectivity index (χ3v) is 5.71. The topological polar surface area (TPSA) is 85.4 Å². The fraction of sp³-hybridized carbons (Fsp3) is 0.571. The molecule has 0 saturated heterocycles. The molecule has 0 radical (unpaired) electrons. The Morgan fingerprint density at radius 2 is 2.19 bits per heavy atom. The maximum absolute atomic E-state index is 12.5. The summed E-state index contributed by atoms with van der Waals surface area (Å²) < 4.78 is 32.2. The van der Waals surface area contributed by atoms with Crippen LogP contribution in [-0.4, -0.2) is 31.7 Å². The Labute approximate surface area is 125 Å². The molecule has 2 rings (SSSR count). The summed E-state index contributed by atoms with van der Waals surface area (Å²) in [6.45, 7) is 0.181. The second-order valence-electron chi connectivity index (χ2n) is 5.18. The van der Waals surface area contributed by atoms with Crippen LogP contribution in [0.25, 0.3) is 0 Å². The van der Waals surface area contributed by atoms with Gasteiger partial charge < -0.3 is 4.74 Å². The molecular formula is C14H20N2O4S. The van der Waals surface area contributed by atoms with Crippen LogP contribution in [0.3, 0.4) is 0 Å². The molecule has 1 aromatic heterocycles. The normalized spacial score (nSPS) is 22.7. The molecule has 1 aromatic rings. The summed E-state index contributed by atoms with van der Waals surface area (Å²) in [5.74, 6) is -1.01. The number of ether oxygens (including phenoxy) is 1. The van der Waals surface area contributed by atoms with Gasteiger partial charge >= 0.3 is 5.97 Å². The van der Waals surface area contributed by atoms with Gasteiger partial charge in [0.15, 0.2) is 0 Å². The van der Waals surface area contributed by atoms with Gasteiger partial charge in [0.05, 0.1) is 18.3 Å². The summed E-state index contributed by atoms with van der Waals surface area (Å²) in [5, 5.41) is -0.713. The molecule has 7 heteroatoms. The van der Waals surface area contributed by atoms with E-state index in [1.54, 1.807) is 24.5 Å². The Balaban J connectivity index is 2.07. The van der Waals surface area contributed by atoms with Crippen LogP contribution >= 0.6 is 0 Å². The van der Waals surface area contributed by atoms with Crippen molar-refractivity contribution in [1.29, 1.82) is 0 Å². The van der Waals surface area contributed by atoms with E-state index in [1.165, 1.54) is 7.11 Å².